The van der Waals surface area contributed by atoms with Gasteiger partial charge >= 0.3 is 0 Å². The molecule has 0 aromatic carbocycles. The number of ether oxygens (including phenoxy) is 1. The van der Waals surface area contributed by atoms with Gasteiger partial charge in [0.05, 0.1) is 18.1 Å². The average molecular weight is 243 g/mol. The van der Waals surface area contributed by atoms with Crippen LogP contribution in [-0.4, -0.2) is 35.4 Å². The van der Waals surface area contributed by atoms with E-state index in [1.165, 1.54) is 0 Å². The number of amides is 1. The summed E-state index contributed by atoms with van der Waals surface area (Å²) in [5.41, 5.74) is -0.364. The molecule has 0 saturated carbocycles. The van der Waals surface area contributed by atoms with E-state index >= 15 is 0 Å². The smallest absolute Gasteiger partial charge is 0.226 e. The number of aliphatic hydroxyl groups is 1. The van der Waals surface area contributed by atoms with Crippen LogP contribution >= 0.6 is 0 Å². The molecular formula is C13H25NO3. The summed E-state index contributed by atoms with van der Waals surface area (Å²) in [5.74, 6) is 0.172. The van der Waals surface area contributed by atoms with E-state index in [-0.39, 0.29) is 42.1 Å². The molecule has 1 rings (SSSR count). The molecule has 4 atom stereocenters. The van der Waals surface area contributed by atoms with Crippen LogP contribution in [0.15, 0.2) is 0 Å². The second kappa shape index (κ2) is 5.36. The highest BCUT2D eigenvalue weighted by atomic mass is 16.5. The van der Waals surface area contributed by atoms with Gasteiger partial charge in [0.1, 0.15) is 0 Å². The monoisotopic (exact) mass is 243 g/mol. The Labute approximate surface area is 104 Å². The van der Waals surface area contributed by atoms with Gasteiger partial charge in [0, 0.05) is 12.1 Å². The summed E-state index contributed by atoms with van der Waals surface area (Å²) in [6.07, 6.45) is 0.650. The van der Waals surface area contributed by atoms with Crippen molar-refractivity contribution in [2.24, 2.45) is 11.8 Å². The molecule has 2 N–H and O–H groups in total. The zero-order valence-corrected chi connectivity index (χ0v) is 11.5. The van der Waals surface area contributed by atoms with Crippen LogP contribution in [0.4, 0.5) is 0 Å². The topological polar surface area (TPSA) is 58.6 Å². The summed E-state index contributed by atoms with van der Waals surface area (Å²) in [7, 11) is 0. The van der Waals surface area contributed by atoms with E-state index in [0.717, 1.165) is 0 Å². The zero-order valence-electron chi connectivity index (χ0n) is 11.5. The molecule has 0 spiro atoms. The van der Waals surface area contributed by atoms with Gasteiger partial charge in [-0.05, 0) is 40.0 Å². The summed E-state index contributed by atoms with van der Waals surface area (Å²) in [4.78, 5) is 12.2. The fraction of sp³-hybridized carbons (Fsp3) is 0.923. The minimum Gasteiger partial charge on any atom is -0.396 e. The van der Waals surface area contributed by atoms with Crippen molar-refractivity contribution in [1.82, 2.24) is 5.32 Å². The lowest BCUT2D eigenvalue weighted by molar-refractivity contribution is -0.129. The first-order chi connectivity index (χ1) is 7.78. The van der Waals surface area contributed by atoms with Crippen molar-refractivity contribution in [1.29, 1.82) is 0 Å². The molecule has 17 heavy (non-hydrogen) atoms. The molecule has 4 unspecified atom stereocenters. The van der Waals surface area contributed by atoms with Crippen LogP contribution in [0.2, 0.25) is 0 Å². The van der Waals surface area contributed by atoms with Crippen molar-refractivity contribution in [2.45, 2.75) is 58.8 Å². The number of carbonyl (C=O) groups is 1. The maximum atomic E-state index is 12.2. The lowest BCUT2D eigenvalue weighted by Gasteiger charge is -2.29. The third-order valence-electron chi connectivity index (χ3n) is 3.74. The van der Waals surface area contributed by atoms with Crippen molar-refractivity contribution < 1.29 is 14.6 Å². The fourth-order valence-corrected chi connectivity index (χ4v) is 2.48. The Morgan fingerprint density at radius 3 is 2.29 bits per heavy atom. The van der Waals surface area contributed by atoms with Crippen molar-refractivity contribution in [2.75, 3.05) is 6.61 Å². The molecule has 0 bridgehead atoms. The molecule has 1 aliphatic heterocycles. The van der Waals surface area contributed by atoms with Gasteiger partial charge in [-0.25, -0.2) is 0 Å². The second-order valence-corrected chi connectivity index (χ2v) is 5.78. The van der Waals surface area contributed by atoms with Crippen LogP contribution in [0.25, 0.3) is 0 Å². The van der Waals surface area contributed by atoms with Gasteiger partial charge in [0.2, 0.25) is 5.91 Å². The predicted molar refractivity (Wildman–Crippen MR) is 66.6 cm³/mol. The third-order valence-corrected chi connectivity index (χ3v) is 3.74. The summed E-state index contributed by atoms with van der Waals surface area (Å²) < 4.78 is 5.67. The van der Waals surface area contributed by atoms with Crippen molar-refractivity contribution in [3.63, 3.8) is 0 Å². The molecule has 1 aliphatic rings. The SMILES string of the molecule is CC1OC(C)C(C(=O)NC(C)(C)CCO)C1C. The molecule has 4 nitrogen and oxygen atoms in total. The normalized spacial score (nSPS) is 33.8. The Morgan fingerprint density at radius 2 is 1.88 bits per heavy atom. The van der Waals surface area contributed by atoms with Crippen LogP contribution in [0.3, 0.4) is 0 Å². The lowest BCUT2D eigenvalue weighted by atomic mass is 9.87. The summed E-state index contributed by atoms with van der Waals surface area (Å²) in [5, 5.41) is 12.0. The molecule has 1 fully saturated rings. The number of hydrogen-bond donors (Lipinski definition) is 2. The van der Waals surface area contributed by atoms with Crippen LogP contribution in [0, 0.1) is 11.8 Å². The van der Waals surface area contributed by atoms with Gasteiger partial charge in [-0.2, -0.15) is 0 Å². The Bertz CT molecular complexity index is 278. The Morgan fingerprint density at radius 1 is 1.29 bits per heavy atom. The van der Waals surface area contributed by atoms with Gasteiger partial charge in [-0.3, -0.25) is 4.79 Å². The molecule has 100 valence electrons. The Balaban J connectivity index is 2.64. The van der Waals surface area contributed by atoms with E-state index in [2.05, 4.69) is 12.2 Å². The predicted octanol–water partition coefficient (Wildman–Crippen LogP) is 1.32. The molecule has 4 heteroatoms. The fourth-order valence-electron chi connectivity index (χ4n) is 2.48. The third kappa shape index (κ3) is 3.42. The van der Waals surface area contributed by atoms with E-state index in [9.17, 15) is 4.79 Å². The highest BCUT2D eigenvalue weighted by Gasteiger charge is 2.42. The van der Waals surface area contributed by atoms with E-state index in [1.54, 1.807) is 0 Å². The van der Waals surface area contributed by atoms with Crippen molar-refractivity contribution in [3.8, 4) is 0 Å². The molecule has 0 radical (unpaired) electrons. The molecule has 0 aliphatic carbocycles. The van der Waals surface area contributed by atoms with Crippen LogP contribution in [0.5, 0.6) is 0 Å². The standard InChI is InChI=1S/C13H25NO3/c1-8-9(2)17-10(3)11(8)12(16)14-13(4,5)6-7-15/h8-11,15H,6-7H2,1-5H3,(H,14,16). The lowest BCUT2D eigenvalue weighted by Crippen LogP contribution is -2.49. The highest BCUT2D eigenvalue weighted by Crippen LogP contribution is 2.32. The van der Waals surface area contributed by atoms with E-state index < -0.39 is 0 Å². The zero-order chi connectivity index (χ0) is 13.2. The molecule has 1 amide bonds. The minimum atomic E-state index is -0.364. The molecular weight excluding hydrogens is 218 g/mol. The number of rotatable bonds is 4. The minimum absolute atomic E-state index is 0.0350. The molecule has 0 aromatic rings. The van der Waals surface area contributed by atoms with Crippen LogP contribution in [-0.2, 0) is 9.53 Å². The van der Waals surface area contributed by atoms with Gasteiger partial charge in [0.15, 0.2) is 0 Å². The Kier molecular flexibility index (Phi) is 4.55. The number of hydrogen-bond acceptors (Lipinski definition) is 3. The highest BCUT2D eigenvalue weighted by molar-refractivity contribution is 5.80. The number of carbonyl (C=O) groups excluding carboxylic acids is 1. The number of nitrogens with one attached hydrogen (secondary N) is 1. The first-order valence-corrected chi connectivity index (χ1v) is 6.37. The first-order valence-electron chi connectivity index (χ1n) is 6.37. The first kappa shape index (κ1) is 14.5. The van der Waals surface area contributed by atoms with Gasteiger partial charge in [0.25, 0.3) is 0 Å². The second-order valence-electron chi connectivity index (χ2n) is 5.78. The average Bonchev–Trinajstić information content (AvgIpc) is 2.39. The summed E-state index contributed by atoms with van der Waals surface area (Å²) in [6, 6.07) is 0. The summed E-state index contributed by atoms with van der Waals surface area (Å²) >= 11 is 0. The Hall–Kier alpha value is -0.610. The maximum Gasteiger partial charge on any atom is 0.226 e. The van der Waals surface area contributed by atoms with Gasteiger partial charge in [-0.15, -0.1) is 0 Å². The quantitative estimate of drug-likeness (QED) is 0.783. The largest absolute Gasteiger partial charge is 0.396 e. The van der Waals surface area contributed by atoms with E-state index in [1.807, 2.05) is 27.7 Å². The number of aliphatic hydroxyl groups excluding tert-OH is 1. The van der Waals surface area contributed by atoms with Crippen molar-refractivity contribution >= 4 is 5.91 Å². The maximum absolute atomic E-state index is 12.2. The van der Waals surface area contributed by atoms with Crippen LogP contribution < -0.4 is 5.32 Å². The summed E-state index contributed by atoms with van der Waals surface area (Å²) in [6.45, 7) is 9.94. The van der Waals surface area contributed by atoms with Gasteiger partial charge in [-0.1, -0.05) is 6.92 Å². The van der Waals surface area contributed by atoms with Crippen molar-refractivity contribution in [3.05, 3.63) is 0 Å². The molecule has 1 heterocycles. The van der Waals surface area contributed by atoms with E-state index in [0.29, 0.717) is 6.42 Å². The molecule has 1 saturated heterocycles. The van der Waals surface area contributed by atoms with Gasteiger partial charge < -0.3 is 15.2 Å². The molecule has 0 aromatic heterocycles. The van der Waals surface area contributed by atoms with Crippen LogP contribution in [0.1, 0.15) is 41.0 Å². The van der Waals surface area contributed by atoms with E-state index in [4.69, 9.17) is 9.84 Å².